The first-order valence-electron chi connectivity index (χ1n) is 7.46. The van der Waals surface area contributed by atoms with Crippen molar-refractivity contribution in [3.63, 3.8) is 0 Å². The van der Waals surface area contributed by atoms with Crippen LogP contribution in [-0.2, 0) is 15.0 Å². The normalized spacial score (nSPS) is 19.8. The van der Waals surface area contributed by atoms with Gasteiger partial charge in [0.25, 0.3) is 10.2 Å². The summed E-state index contributed by atoms with van der Waals surface area (Å²) in [6.07, 6.45) is 1.38. The third kappa shape index (κ3) is 4.32. The van der Waals surface area contributed by atoms with E-state index in [-0.39, 0.29) is 18.4 Å². The predicted molar refractivity (Wildman–Crippen MR) is 94.4 cm³/mol. The summed E-state index contributed by atoms with van der Waals surface area (Å²) in [5, 5.41) is 2.89. The molecule has 0 saturated carbocycles. The van der Waals surface area contributed by atoms with Crippen LogP contribution in [0.2, 0.25) is 0 Å². The smallest absolute Gasteiger partial charge is 0.281 e. The van der Waals surface area contributed by atoms with Crippen molar-refractivity contribution in [2.75, 3.05) is 32.5 Å². The van der Waals surface area contributed by atoms with Crippen molar-refractivity contribution >= 4 is 37.7 Å². The molecule has 0 spiro atoms. The number of hydrogen-bond acceptors (Lipinski definition) is 3. The molecular formula is C15H22BrN3O3S. The Morgan fingerprint density at radius 1 is 1.39 bits per heavy atom. The largest absolute Gasteiger partial charge is 0.326 e. The fourth-order valence-corrected chi connectivity index (χ4v) is 4.00. The maximum absolute atomic E-state index is 12.4. The lowest BCUT2D eigenvalue weighted by Gasteiger charge is -2.32. The molecule has 1 atom stereocenters. The maximum atomic E-state index is 12.4. The quantitative estimate of drug-likeness (QED) is 0.837. The molecule has 23 heavy (non-hydrogen) atoms. The molecule has 2 rings (SSSR count). The zero-order valence-electron chi connectivity index (χ0n) is 13.5. The third-order valence-electron chi connectivity index (χ3n) is 3.97. The van der Waals surface area contributed by atoms with Gasteiger partial charge in [-0.3, -0.25) is 4.79 Å². The third-order valence-corrected chi connectivity index (χ3v) is 6.76. The van der Waals surface area contributed by atoms with Gasteiger partial charge in [-0.1, -0.05) is 15.9 Å². The predicted octanol–water partition coefficient (Wildman–Crippen LogP) is 2.21. The summed E-state index contributed by atoms with van der Waals surface area (Å²) in [5.41, 5.74) is 1.76. The number of nitrogens with zero attached hydrogens (tertiary/aromatic N) is 2. The van der Waals surface area contributed by atoms with Crippen LogP contribution in [0.25, 0.3) is 0 Å². The monoisotopic (exact) mass is 403 g/mol. The lowest BCUT2D eigenvalue weighted by Crippen LogP contribution is -2.47. The molecule has 1 heterocycles. The van der Waals surface area contributed by atoms with Gasteiger partial charge in [-0.2, -0.15) is 17.0 Å². The molecule has 1 fully saturated rings. The summed E-state index contributed by atoms with van der Waals surface area (Å²) < 4.78 is 28.0. The summed E-state index contributed by atoms with van der Waals surface area (Å²) in [7, 11) is -0.464. The number of carbonyl (C=O) groups excluding carboxylic acids is 1. The topological polar surface area (TPSA) is 69.7 Å². The van der Waals surface area contributed by atoms with Gasteiger partial charge < -0.3 is 5.32 Å². The van der Waals surface area contributed by atoms with Gasteiger partial charge in [0.2, 0.25) is 5.91 Å². The number of amides is 1. The lowest BCUT2D eigenvalue weighted by atomic mass is 9.98. The first kappa shape index (κ1) is 18.4. The molecule has 6 nitrogen and oxygen atoms in total. The van der Waals surface area contributed by atoms with Crippen LogP contribution in [0.3, 0.4) is 0 Å². The second kappa shape index (κ2) is 7.29. The van der Waals surface area contributed by atoms with Crippen molar-refractivity contribution in [2.45, 2.75) is 19.8 Å². The summed E-state index contributed by atoms with van der Waals surface area (Å²) in [6, 6.07) is 5.60. The van der Waals surface area contributed by atoms with Gasteiger partial charge in [0.05, 0.1) is 5.92 Å². The number of benzene rings is 1. The van der Waals surface area contributed by atoms with Crippen molar-refractivity contribution < 1.29 is 13.2 Å². The van der Waals surface area contributed by atoms with Gasteiger partial charge >= 0.3 is 0 Å². The number of piperidine rings is 1. The Morgan fingerprint density at radius 3 is 2.70 bits per heavy atom. The van der Waals surface area contributed by atoms with Crippen LogP contribution in [0.15, 0.2) is 22.7 Å². The minimum atomic E-state index is -3.47. The Bertz CT molecular complexity index is 691. The minimum Gasteiger partial charge on any atom is -0.326 e. The average Bonchev–Trinajstić information content (AvgIpc) is 2.51. The minimum absolute atomic E-state index is 0.134. The highest BCUT2D eigenvalue weighted by Gasteiger charge is 2.33. The molecule has 0 bridgehead atoms. The van der Waals surface area contributed by atoms with E-state index in [4.69, 9.17) is 0 Å². The molecule has 0 radical (unpaired) electrons. The van der Waals surface area contributed by atoms with E-state index in [2.05, 4.69) is 21.2 Å². The van der Waals surface area contributed by atoms with Crippen molar-refractivity contribution in [2.24, 2.45) is 5.92 Å². The van der Waals surface area contributed by atoms with Crippen molar-refractivity contribution in [3.05, 3.63) is 28.2 Å². The van der Waals surface area contributed by atoms with E-state index < -0.39 is 10.2 Å². The highest BCUT2D eigenvalue weighted by atomic mass is 79.9. The molecule has 1 N–H and O–H groups in total. The summed E-state index contributed by atoms with van der Waals surface area (Å²) in [5.74, 6) is -0.465. The van der Waals surface area contributed by atoms with E-state index in [0.717, 1.165) is 15.7 Å². The molecule has 1 aromatic rings. The molecule has 1 aliphatic rings. The van der Waals surface area contributed by atoms with Gasteiger partial charge in [-0.05, 0) is 43.5 Å². The second-order valence-electron chi connectivity index (χ2n) is 5.94. The Hall–Kier alpha value is -0.960. The van der Waals surface area contributed by atoms with Crippen LogP contribution in [0.1, 0.15) is 18.4 Å². The highest BCUT2D eigenvalue weighted by molar-refractivity contribution is 9.10. The molecule has 8 heteroatoms. The Kier molecular flexibility index (Phi) is 5.83. The molecule has 128 valence electrons. The van der Waals surface area contributed by atoms with Crippen LogP contribution in [0, 0.1) is 12.8 Å². The van der Waals surface area contributed by atoms with E-state index in [0.29, 0.717) is 19.4 Å². The summed E-state index contributed by atoms with van der Waals surface area (Å²) in [4.78, 5) is 12.4. The Balaban J connectivity index is 2.06. The van der Waals surface area contributed by atoms with E-state index in [1.807, 2.05) is 25.1 Å². The lowest BCUT2D eigenvalue weighted by molar-refractivity contribution is -0.120. The van der Waals surface area contributed by atoms with Gasteiger partial charge in [0, 0.05) is 37.3 Å². The van der Waals surface area contributed by atoms with Crippen molar-refractivity contribution in [3.8, 4) is 0 Å². The fraction of sp³-hybridized carbons (Fsp3) is 0.533. The molecule has 1 saturated heterocycles. The zero-order valence-corrected chi connectivity index (χ0v) is 15.9. The Labute approximate surface area is 146 Å². The van der Waals surface area contributed by atoms with Gasteiger partial charge in [0.15, 0.2) is 0 Å². The van der Waals surface area contributed by atoms with Crippen LogP contribution >= 0.6 is 15.9 Å². The molecule has 0 aliphatic carbocycles. The van der Waals surface area contributed by atoms with Crippen molar-refractivity contribution in [1.29, 1.82) is 0 Å². The zero-order chi connectivity index (χ0) is 17.2. The number of rotatable bonds is 4. The number of hydrogen-bond donors (Lipinski definition) is 1. The number of nitrogens with one attached hydrogen (secondary N) is 1. The Morgan fingerprint density at radius 2 is 2.09 bits per heavy atom. The molecule has 1 aromatic carbocycles. The maximum Gasteiger partial charge on any atom is 0.281 e. The van der Waals surface area contributed by atoms with E-state index in [1.54, 1.807) is 0 Å². The van der Waals surface area contributed by atoms with Crippen LogP contribution in [-0.4, -0.2) is 50.1 Å². The first-order valence-corrected chi connectivity index (χ1v) is 9.65. The first-order chi connectivity index (χ1) is 10.7. The molecule has 0 unspecified atom stereocenters. The van der Waals surface area contributed by atoms with E-state index in [1.165, 1.54) is 22.7 Å². The van der Waals surface area contributed by atoms with Crippen LogP contribution < -0.4 is 5.32 Å². The van der Waals surface area contributed by atoms with Gasteiger partial charge in [-0.15, -0.1) is 0 Å². The number of carbonyl (C=O) groups is 1. The summed E-state index contributed by atoms with van der Waals surface area (Å²) in [6.45, 7) is 2.63. The van der Waals surface area contributed by atoms with Gasteiger partial charge in [-0.25, -0.2) is 0 Å². The van der Waals surface area contributed by atoms with Gasteiger partial charge in [0.1, 0.15) is 0 Å². The van der Waals surface area contributed by atoms with E-state index in [9.17, 15) is 13.2 Å². The summed E-state index contributed by atoms with van der Waals surface area (Å²) >= 11 is 3.42. The number of anilines is 1. The van der Waals surface area contributed by atoms with Crippen LogP contribution in [0.4, 0.5) is 5.69 Å². The molecule has 1 amide bonds. The fourth-order valence-electron chi connectivity index (χ4n) is 2.56. The molecular weight excluding hydrogens is 382 g/mol. The second-order valence-corrected chi connectivity index (χ2v) is 8.94. The van der Waals surface area contributed by atoms with Crippen molar-refractivity contribution in [1.82, 2.24) is 8.61 Å². The average molecular weight is 404 g/mol. The highest BCUT2D eigenvalue weighted by Crippen LogP contribution is 2.24. The SMILES string of the molecule is Cc1cc(NC(=O)[C@H]2CCCN(S(=O)(=O)N(C)C)C2)ccc1Br. The standard InChI is InChI=1S/C15H22BrN3O3S/c1-11-9-13(6-7-14(11)16)17-15(20)12-5-4-8-19(10-12)23(21,22)18(2)3/h6-7,9,12H,4-5,8,10H2,1-3H3,(H,17,20)/t12-/m0/s1. The molecule has 0 aromatic heterocycles. The van der Waals surface area contributed by atoms with Crippen LogP contribution in [0.5, 0.6) is 0 Å². The molecule has 1 aliphatic heterocycles. The number of aryl methyl sites for hydroxylation is 1. The van der Waals surface area contributed by atoms with E-state index >= 15 is 0 Å². The number of halogens is 1.